The molecule has 1 saturated carbocycles. The number of hydrogen-bond donors (Lipinski definition) is 3. The Bertz CT molecular complexity index is 609. The maximum Gasteiger partial charge on any atom is 0.433 e. The van der Waals surface area contributed by atoms with Gasteiger partial charge in [-0.15, -0.1) is 0 Å². The summed E-state index contributed by atoms with van der Waals surface area (Å²) < 4.78 is 37.3. The van der Waals surface area contributed by atoms with Gasteiger partial charge in [-0.05, 0) is 43.7 Å². The summed E-state index contributed by atoms with van der Waals surface area (Å²) >= 11 is 0. The molecule has 9 heteroatoms. The summed E-state index contributed by atoms with van der Waals surface area (Å²) in [5.41, 5.74) is 4.86. The third-order valence-corrected chi connectivity index (χ3v) is 4.05. The molecule has 0 radical (unpaired) electrons. The molecule has 25 heavy (non-hydrogen) atoms. The zero-order valence-corrected chi connectivity index (χ0v) is 13.6. The fourth-order valence-electron chi connectivity index (χ4n) is 2.63. The first-order valence-corrected chi connectivity index (χ1v) is 8.04. The highest BCUT2D eigenvalue weighted by atomic mass is 19.4. The minimum Gasteiger partial charge on any atom is -0.393 e. The maximum absolute atomic E-state index is 12.4. The van der Waals surface area contributed by atoms with Crippen LogP contribution in [0.4, 0.5) is 18.9 Å². The summed E-state index contributed by atoms with van der Waals surface area (Å²) in [6.07, 6.45) is -0.696. The first kappa shape index (κ1) is 19.2. The number of hydrogen-bond acceptors (Lipinski definition) is 4. The molecular formula is C16H21F3N4O2. The summed E-state index contributed by atoms with van der Waals surface area (Å²) in [4.78, 5) is 19.3. The zero-order chi connectivity index (χ0) is 18.4. The number of alkyl halides is 3. The number of nitrogens with one attached hydrogen (secondary N) is 1. The van der Waals surface area contributed by atoms with Crippen LogP contribution in [0.15, 0.2) is 23.3 Å². The molecule has 0 unspecified atom stereocenters. The van der Waals surface area contributed by atoms with Crippen LogP contribution >= 0.6 is 0 Å². The van der Waals surface area contributed by atoms with Crippen molar-refractivity contribution in [2.45, 2.75) is 44.4 Å². The Morgan fingerprint density at radius 3 is 2.56 bits per heavy atom. The Labute approximate surface area is 143 Å². The van der Waals surface area contributed by atoms with E-state index in [4.69, 9.17) is 5.73 Å². The lowest BCUT2D eigenvalue weighted by molar-refractivity contribution is -0.141. The van der Waals surface area contributed by atoms with E-state index in [1.54, 1.807) is 0 Å². The van der Waals surface area contributed by atoms with Crippen LogP contribution in [0.5, 0.6) is 0 Å². The number of amides is 1. The molecule has 2 rings (SSSR count). The van der Waals surface area contributed by atoms with Gasteiger partial charge < -0.3 is 16.2 Å². The van der Waals surface area contributed by atoms with E-state index >= 15 is 0 Å². The molecule has 1 aliphatic rings. The third-order valence-electron chi connectivity index (χ3n) is 4.05. The predicted molar refractivity (Wildman–Crippen MR) is 86.9 cm³/mol. The first-order chi connectivity index (χ1) is 11.7. The molecule has 1 fully saturated rings. The Hall–Kier alpha value is -2.16. The Kier molecular flexibility index (Phi) is 6.35. The summed E-state index contributed by atoms with van der Waals surface area (Å²) in [5, 5.41) is 11.9. The average Bonchev–Trinajstić information content (AvgIpc) is 2.54. The van der Waals surface area contributed by atoms with Gasteiger partial charge in [-0.3, -0.25) is 9.79 Å². The van der Waals surface area contributed by atoms with E-state index in [-0.39, 0.29) is 24.0 Å². The molecule has 1 amide bonds. The minimum atomic E-state index is -4.52. The SMILES string of the molecule is NC(CC(=O)Nc1ccc(C(F)(F)F)nc1)=NCC1CCC(O)CC1. The second-order valence-electron chi connectivity index (χ2n) is 6.16. The van der Waals surface area contributed by atoms with Crippen LogP contribution in [0.3, 0.4) is 0 Å². The molecule has 1 aromatic heterocycles. The van der Waals surface area contributed by atoms with Crippen molar-refractivity contribution in [1.29, 1.82) is 0 Å². The number of nitrogens with two attached hydrogens (primary N) is 1. The van der Waals surface area contributed by atoms with Gasteiger partial charge in [0.1, 0.15) is 11.5 Å². The number of amidine groups is 1. The molecule has 0 spiro atoms. The van der Waals surface area contributed by atoms with Gasteiger partial charge in [-0.1, -0.05) is 0 Å². The van der Waals surface area contributed by atoms with Crippen molar-refractivity contribution in [3.8, 4) is 0 Å². The summed E-state index contributed by atoms with van der Waals surface area (Å²) in [6, 6.07) is 1.93. The van der Waals surface area contributed by atoms with Gasteiger partial charge in [-0.2, -0.15) is 13.2 Å². The molecule has 6 nitrogen and oxygen atoms in total. The number of pyridine rings is 1. The molecule has 1 heterocycles. The number of aliphatic imine (C=N–C) groups is 1. The Morgan fingerprint density at radius 1 is 1.32 bits per heavy atom. The number of anilines is 1. The Balaban J connectivity index is 1.80. The summed E-state index contributed by atoms with van der Waals surface area (Å²) in [6.45, 7) is 0.508. The van der Waals surface area contributed by atoms with E-state index in [2.05, 4.69) is 15.3 Å². The lowest BCUT2D eigenvalue weighted by Gasteiger charge is -2.23. The van der Waals surface area contributed by atoms with Crippen molar-refractivity contribution in [3.05, 3.63) is 24.0 Å². The van der Waals surface area contributed by atoms with Crippen molar-refractivity contribution >= 4 is 17.4 Å². The molecule has 0 aromatic carbocycles. The predicted octanol–water partition coefficient (Wildman–Crippen LogP) is 2.34. The molecule has 0 bridgehead atoms. The van der Waals surface area contributed by atoms with Crippen LogP contribution < -0.4 is 11.1 Å². The van der Waals surface area contributed by atoms with E-state index in [9.17, 15) is 23.1 Å². The van der Waals surface area contributed by atoms with Crippen LogP contribution in [0, 0.1) is 5.92 Å². The lowest BCUT2D eigenvalue weighted by Crippen LogP contribution is -2.24. The number of nitrogens with zero attached hydrogens (tertiary/aromatic N) is 2. The fourth-order valence-corrected chi connectivity index (χ4v) is 2.63. The number of carbonyl (C=O) groups excluding carboxylic acids is 1. The number of halogens is 3. The van der Waals surface area contributed by atoms with Gasteiger partial charge in [0.25, 0.3) is 0 Å². The standard InChI is InChI=1S/C16H21F3N4O2/c17-16(18,19)13-6-3-11(9-21-13)23-15(25)7-14(20)22-8-10-1-4-12(24)5-2-10/h3,6,9-10,12,24H,1-2,4-5,7-8H2,(H2,20,22)(H,23,25). The fraction of sp³-hybridized carbons (Fsp3) is 0.562. The second kappa shape index (κ2) is 8.28. The van der Waals surface area contributed by atoms with Crippen LogP contribution in [0.1, 0.15) is 37.8 Å². The van der Waals surface area contributed by atoms with E-state index in [0.717, 1.165) is 44.0 Å². The van der Waals surface area contributed by atoms with E-state index in [1.807, 2.05) is 0 Å². The summed E-state index contributed by atoms with van der Waals surface area (Å²) in [5.74, 6) is 0.0505. The molecule has 138 valence electrons. The van der Waals surface area contributed by atoms with Crippen molar-refractivity contribution in [2.24, 2.45) is 16.6 Å². The van der Waals surface area contributed by atoms with Gasteiger partial charge in [0.2, 0.25) is 5.91 Å². The highest BCUT2D eigenvalue weighted by molar-refractivity contribution is 6.04. The van der Waals surface area contributed by atoms with Crippen molar-refractivity contribution < 1.29 is 23.1 Å². The number of aliphatic hydroxyl groups is 1. The van der Waals surface area contributed by atoms with Crippen LogP contribution in [0.25, 0.3) is 0 Å². The summed E-state index contributed by atoms with van der Waals surface area (Å²) in [7, 11) is 0. The van der Waals surface area contributed by atoms with Gasteiger partial charge in [0, 0.05) is 6.54 Å². The molecule has 1 aliphatic carbocycles. The zero-order valence-electron chi connectivity index (χ0n) is 13.6. The number of carbonyl (C=O) groups is 1. The van der Waals surface area contributed by atoms with Crippen molar-refractivity contribution in [3.63, 3.8) is 0 Å². The first-order valence-electron chi connectivity index (χ1n) is 8.04. The van der Waals surface area contributed by atoms with E-state index in [1.165, 1.54) is 0 Å². The Morgan fingerprint density at radius 2 is 2.00 bits per heavy atom. The lowest BCUT2D eigenvalue weighted by atomic mass is 9.87. The van der Waals surface area contributed by atoms with Gasteiger partial charge in [0.05, 0.1) is 24.4 Å². The topological polar surface area (TPSA) is 101 Å². The smallest absolute Gasteiger partial charge is 0.393 e. The highest BCUT2D eigenvalue weighted by Crippen LogP contribution is 2.27. The largest absolute Gasteiger partial charge is 0.433 e. The van der Waals surface area contributed by atoms with Gasteiger partial charge in [0.15, 0.2) is 0 Å². The maximum atomic E-state index is 12.4. The molecule has 0 aliphatic heterocycles. The highest BCUT2D eigenvalue weighted by Gasteiger charge is 2.32. The third kappa shape index (κ3) is 6.33. The van der Waals surface area contributed by atoms with Gasteiger partial charge in [-0.25, -0.2) is 4.98 Å². The number of rotatable bonds is 5. The average molecular weight is 358 g/mol. The van der Waals surface area contributed by atoms with Crippen molar-refractivity contribution in [1.82, 2.24) is 4.98 Å². The minimum absolute atomic E-state index is 0.142. The van der Waals surface area contributed by atoms with E-state index < -0.39 is 17.8 Å². The molecule has 4 N–H and O–H groups in total. The van der Waals surface area contributed by atoms with Crippen LogP contribution in [-0.2, 0) is 11.0 Å². The van der Waals surface area contributed by atoms with Crippen molar-refractivity contribution in [2.75, 3.05) is 11.9 Å². The number of aliphatic hydroxyl groups excluding tert-OH is 1. The molecule has 0 saturated heterocycles. The second-order valence-corrected chi connectivity index (χ2v) is 6.16. The quantitative estimate of drug-likeness (QED) is 0.555. The monoisotopic (exact) mass is 358 g/mol. The van der Waals surface area contributed by atoms with E-state index in [0.29, 0.717) is 12.5 Å². The van der Waals surface area contributed by atoms with Crippen LogP contribution in [-0.4, -0.2) is 34.5 Å². The number of aromatic nitrogens is 1. The molecular weight excluding hydrogens is 337 g/mol. The van der Waals surface area contributed by atoms with Crippen LogP contribution in [0.2, 0.25) is 0 Å². The molecule has 1 aromatic rings. The normalized spacial score (nSPS) is 21.8. The van der Waals surface area contributed by atoms with Gasteiger partial charge >= 0.3 is 6.18 Å². The molecule has 0 atom stereocenters.